The molecule has 2 fully saturated rings. The van der Waals surface area contributed by atoms with Gasteiger partial charge in [0.1, 0.15) is 5.69 Å². The van der Waals surface area contributed by atoms with Crippen molar-refractivity contribution in [2.75, 3.05) is 19.6 Å². The van der Waals surface area contributed by atoms with E-state index in [9.17, 15) is 4.79 Å². The molecule has 1 aromatic carbocycles. The lowest BCUT2D eigenvalue weighted by Gasteiger charge is -2.30. The summed E-state index contributed by atoms with van der Waals surface area (Å²) < 4.78 is 0. The van der Waals surface area contributed by atoms with Crippen LogP contribution in [-0.2, 0) is 0 Å². The number of nitrogens with zero attached hydrogens (tertiary/aromatic N) is 2. The summed E-state index contributed by atoms with van der Waals surface area (Å²) in [5.41, 5.74) is 0.438. The number of benzene rings is 1. The highest BCUT2D eigenvalue weighted by Crippen LogP contribution is 2.27. The number of fused-ring (bicyclic) bond motifs is 3. The molecule has 22 heavy (non-hydrogen) atoms. The van der Waals surface area contributed by atoms with Crippen molar-refractivity contribution in [3.05, 3.63) is 41.2 Å². The van der Waals surface area contributed by atoms with Crippen LogP contribution in [0, 0.1) is 5.92 Å². The molecule has 3 heterocycles. The summed E-state index contributed by atoms with van der Waals surface area (Å²) >= 11 is 6.21. The van der Waals surface area contributed by atoms with Gasteiger partial charge >= 0.3 is 0 Å². The Morgan fingerprint density at radius 1 is 1.36 bits per heavy atom. The van der Waals surface area contributed by atoms with Crippen LogP contribution in [0.3, 0.4) is 0 Å². The van der Waals surface area contributed by atoms with Crippen molar-refractivity contribution in [3.63, 3.8) is 0 Å². The fourth-order valence-corrected chi connectivity index (χ4v) is 3.92. The van der Waals surface area contributed by atoms with E-state index in [2.05, 4.69) is 15.2 Å². The molecule has 4 nitrogen and oxygen atoms in total. The number of halogens is 1. The molecule has 2 bridgehead atoms. The fraction of sp³-hybridized carbons (Fsp3) is 0.412. The molecule has 3 atom stereocenters. The molecule has 2 aromatic rings. The lowest BCUT2D eigenvalue weighted by Crippen LogP contribution is -2.47. The van der Waals surface area contributed by atoms with Gasteiger partial charge in [0.25, 0.3) is 5.91 Å². The van der Waals surface area contributed by atoms with E-state index >= 15 is 0 Å². The Labute approximate surface area is 134 Å². The summed E-state index contributed by atoms with van der Waals surface area (Å²) in [4.78, 5) is 19.2. The number of amides is 1. The van der Waals surface area contributed by atoms with Gasteiger partial charge in [-0.05, 0) is 37.4 Å². The Hall–Kier alpha value is -1.65. The van der Waals surface area contributed by atoms with Crippen molar-refractivity contribution < 1.29 is 4.79 Å². The molecule has 0 spiro atoms. The molecule has 4 rings (SSSR count). The van der Waals surface area contributed by atoms with Crippen LogP contribution in [-0.4, -0.2) is 41.5 Å². The van der Waals surface area contributed by atoms with E-state index < -0.39 is 0 Å². The zero-order valence-electron chi connectivity index (χ0n) is 12.3. The Bertz CT molecular complexity index is 721. The first-order valence-corrected chi connectivity index (χ1v) is 8.14. The van der Waals surface area contributed by atoms with Crippen LogP contribution < -0.4 is 5.32 Å². The predicted molar refractivity (Wildman–Crippen MR) is 87.2 cm³/mol. The van der Waals surface area contributed by atoms with Crippen molar-refractivity contribution in [1.82, 2.24) is 15.2 Å². The van der Waals surface area contributed by atoms with Crippen molar-refractivity contribution >= 4 is 28.3 Å². The smallest absolute Gasteiger partial charge is 0.270 e. The summed E-state index contributed by atoms with van der Waals surface area (Å²) in [6.07, 6.45) is 4.05. The van der Waals surface area contributed by atoms with E-state index in [0.717, 1.165) is 29.7 Å². The maximum absolute atomic E-state index is 12.5. The number of hydrogen-bond donors (Lipinski definition) is 1. The Kier molecular flexibility index (Phi) is 3.51. The molecule has 1 aromatic heterocycles. The molecule has 2 saturated heterocycles. The molecule has 0 saturated carbocycles. The van der Waals surface area contributed by atoms with Crippen LogP contribution in [0.4, 0.5) is 0 Å². The summed E-state index contributed by atoms with van der Waals surface area (Å²) in [6, 6.07) is 7.68. The van der Waals surface area contributed by atoms with Crippen molar-refractivity contribution in [2.24, 2.45) is 5.92 Å². The normalized spacial score (nSPS) is 27.0. The van der Waals surface area contributed by atoms with Crippen LogP contribution in [0.25, 0.3) is 10.8 Å². The molecule has 2 aliphatic heterocycles. The number of nitrogens with one attached hydrogen (secondary N) is 1. The number of rotatable bonds is 2. The molecular weight excluding hydrogens is 298 g/mol. The SMILES string of the molecule is O=C(NC1CC2CCN(C2)C1)c1cc2c(Cl)cccc2cn1. The topological polar surface area (TPSA) is 45.2 Å². The molecule has 3 unspecified atom stereocenters. The predicted octanol–water partition coefficient (Wildman–Crippen LogP) is 2.71. The lowest BCUT2D eigenvalue weighted by molar-refractivity contribution is 0.0904. The van der Waals surface area contributed by atoms with Crippen LogP contribution >= 0.6 is 11.6 Å². The van der Waals surface area contributed by atoms with E-state index in [1.54, 1.807) is 12.3 Å². The van der Waals surface area contributed by atoms with Crippen molar-refractivity contribution in [2.45, 2.75) is 18.9 Å². The average molecular weight is 316 g/mol. The molecule has 0 aliphatic carbocycles. The average Bonchev–Trinajstić information content (AvgIpc) is 2.86. The monoisotopic (exact) mass is 315 g/mol. The van der Waals surface area contributed by atoms with Gasteiger partial charge in [-0.1, -0.05) is 23.7 Å². The van der Waals surface area contributed by atoms with Crippen molar-refractivity contribution in [3.8, 4) is 0 Å². The number of pyridine rings is 1. The Morgan fingerprint density at radius 3 is 3.14 bits per heavy atom. The maximum Gasteiger partial charge on any atom is 0.270 e. The van der Waals surface area contributed by atoms with Gasteiger partial charge in [0.05, 0.1) is 0 Å². The molecular formula is C17H18ClN3O. The van der Waals surface area contributed by atoms with Crippen molar-refractivity contribution in [1.29, 1.82) is 0 Å². The molecule has 1 N–H and O–H groups in total. The minimum atomic E-state index is -0.102. The van der Waals surface area contributed by atoms with E-state index in [4.69, 9.17) is 11.6 Å². The second kappa shape index (κ2) is 5.52. The third-order valence-corrected chi connectivity index (χ3v) is 5.07. The molecule has 114 valence electrons. The number of piperidine rings is 1. The van der Waals surface area contributed by atoms with E-state index in [1.165, 1.54) is 19.5 Å². The third-order valence-electron chi connectivity index (χ3n) is 4.74. The van der Waals surface area contributed by atoms with Gasteiger partial charge < -0.3 is 10.2 Å². The summed E-state index contributed by atoms with van der Waals surface area (Å²) in [6.45, 7) is 3.31. The highest BCUT2D eigenvalue weighted by molar-refractivity contribution is 6.35. The number of carbonyl (C=O) groups is 1. The summed E-state index contributed by atoms with van der Waals surface area (Å²) in [5, 5.41) is 5.60. The van der Waals surface area contributed by atoms with Gasteiger partial charge in [-0.15, -0.1) is 0 Å². The summed E-state index contributed by atoms with van der Waals surface area (Å²) in [7, 11) is 0. The van der Waals surface area contributed by atoms with Crippen LogP contribution in [0.5, 0.6) is 0 Å². The zero-order valence-corrected chi connectivity index (χ0v) is 13.0. The zero-order chi connectivity index (χ0) is 15.1. The Balaban J connectivity index is 1.54. The molecule has 5 heteroatoms. The number of hydrogen-bond acceptors (Lipinski definition) is 3. The molecule has 1 amide bonds. The van der Waals surface area contributed by atoms with E-state index in [0.29, 0.717) is 10.7 Å². The minimum absolute atomic E-state index is 0.102. The highest BCUT2D eigenvalue weighted by Gasteiger charge is 2.33. The maximum atomic E-state index is 12.5. The largest absolute Gasteiger partial charge is 0.347 e. The van der Waals surface area contributed by atoms with Gasteiger partial charge in [-0.25, -0.2) is 0 Å². The first-order chi connectivity index (χ1) is 10.7. The third kappa shape index (κ3) is 2.57. The second-order valence-electron chi connectivity index (χ2n) is 6.35. The quantitative estimate of drug-likeness (QED) is 0.927. The van der Waals surface area contributed by atoms with Crippen LogP contribution in [0.1, 0.15) is 23.3 Å². The van der Waals surface area contributed by atoms with Gasteiger partial charge in [0, 0.05) is 41.1 Å². The standard InChI is InChI=1S/C17H18ClN3O/c18-15-3-1-2-12-8-19-16(7-14(12)15)17(22)20-13-6-11-4-5-21(9-11)10-13/h1-3,7-8,11,13H,4-6,9-10H2,(H,20,22). The highest BCUT2D eigenvalue weighted by atomic mass is 35.5. The first kappa shape index (κ1) is 14.0. The Morgan fingerprint density at radius 2 is 2.27 bits per heavy atom. The van der Waals surface area contributed by atoms with E-state index in [-0.39, 0.29) is 11.9 Å². The number of aromatic nitrogens is 1. The van der Waals surface area contributed by atoms with Crippen LogP contribution in [0.2, 0.25) is 5.02 Å². The van der Waals surface area contributed by atoms with Gasteiger partial charge in [-0.2, -0.15) is 0 Å². The number of carbonyl (C=O) groups excluding carboxylic acids is 1. The van der Waals surface area contributed by atoms with Gasteiger partial charge in [0.2, 0.25) is 0 Å². The minimum Gasteiger partial charge on any atom is -0.347 e. The van der Waals surface area contributed by atoms with E-state index in [1.807, 2.05) is 18.2 Å². The van der Waals surface area contributed by atoms with Gasteiger partial charge in [0.15, 0.2) is 0 Å². The fourth-order valence-electron chi connectivity index (χ4n) is 3.68. The lowest BCUT2D eigenvalue weighted by atomic mass is 9.97. The van der Waals surface area contributed by atoms with Gasteiger partial charge in [-0.3, -0.25) is 9.78 Å². The molecule has 2 aliphatic rings. The molecule has 0 radical (unpaired) electrons. The van der Waals surface area contributed by atoms with Crippen LogP contribution in [0.15, 0.2) is 30.5 Å². The second-order valence-corrected chi connectivity index (χ2v) is 6.76. The summed E-state index contributed by atoms with van der Waals surface area (Å²) in [5.74, 6) is 0.632. The first-order valence-electron chi connectivity index (χ1n) is 7.76.